The number of carbonyl (C=O) groups is 1. The molecule has 7 nitrogen and oxygen atoms in total. The first kappa shape index (κ1) is 18.2. The summed E-state index contributed by atoms with van der Waals surface area (Å²) in [5.74, 6) is 0.949. The minimum absolute atomic E-state index is 0.133. The monoisotopic (exact) mass is 396 g/mol. The van der Waals surface area contributed by atoms with E-state index >= 15 is 0 Å². The van der Waals surface area contributed by atoms with E-state index in [-0.39, 0.29) is 5.75 Å². The molecule has 1 amide bonds. The number of thiophene rings is 1. The number of aryl methyl sites for hydroxylation is 2. The second-order valence-electron chi connectivity index (χ2n) is 6.59. The summed E-state index contributed by atoms with van der Waals surface area (Å²) in [5, 5.41) is 12.1. The number of oxazole rings is 1. The van der Waals surface area contributed by atoms with Crippen LogP contribution in [0.2, 0.25) is 0 Å². The maximum atomic E-state index is 11.1. The van der Waals surface area contributed by atoms with Crippen molar-refractivity contribution in [1.82, 2.24) is 15.0 Å². The van der Waals surface area contributed by atoms with Crippen LogP contribution in [0.25, 0.3) is 21.9 Å². The van der Waals surface area contributed by atoms with E-state index in [0.717, 1.165) is 48.4 Å². The van der Waals surface area contributed by atoms with Gasteiger partial charge in [-0.1, -0.05) is 18.6 Å². The molecule has 0 unspecified atom stereocenters. The molecule has 144 valence electrons. The molecular formula is C20H20N4O3S. The Morgan fingerprint density at radius 2 is 2.07 bits per heavy atom. The summed E-state index contributed by atoms with van der Waals surface area (Å²) in [6.07, 6.45) is 5.99. The van der Waals surface area contributed by atoms with Crippen molar-refractivity contribution in [3.8, 4) is 16.5 Å². The van der Waals surface area contributed by atoms with Crippen LogP contribution in [0.1, 0.15) is 41.1 Å². The third-order valence-electron chi connectivity index (χ3n) is 4.59. The van der Waals surface area contributed by atoms with Crippen molar-refractivity contribution in [2.75, 3.05) is 0 Å². The first-order valence-corrected chi connectivity index (χ1v) is 9.98. The predicted molar refractivity (Wildman–Crippen MR) is 107 cm³/mol. The minimum Gasteiger partial charge on any atom is -0.506 e. The lowest BCUT2D eigenvalue weighted by molar-refractivity contribution is 0.0996. The largest absolute Gasteiger partial charge is 0.506 e. The Kier molecular flexibility index (Phi) is 5.12. The molecule has 1 aromatic carbocycles. The molecule has 0 aliphatic heterocycles. The molecule has 0 fully saturated rings. The standard InChI is InChI=1S/C20H20N4O3S/c21-19(26)13-11-22-16(23-13)7-3-1-2-5-12-8-9-14(25)17-18(12)27-20(24-17)15-6-4-10-28-15/h4,6,8-11,25H,1-3,5,7H2,(H2,21,26)(H,22,23). The molecule has 8 heteroatoms. The van der Waals surface area contributed by atoms with E-state index in [1.807, 2.05) is 23.6 Å². The molecule has 0 aliphatic rings. The Morgan fingerprint density at radius 3 is 2.82 bits per heavy atom. The highest BCUT2D eigenvalue weighted by atomic mass is 32.1. The minimum atomic E-state index is -0.496. The first-order valence-electron chi connectivity index (χ1n) is 9.11. The highest BCUT2D eigenvalue weighted by Gasteiger charge is 2.15. The van der Waals surface area contributed by atoms with Gasteiger partial charge in [0.05, 0.1) is 11.1 Å². The zero-order valence-electron chi connectivity index (χ0n) is 15.1. The predicted octanol–water partition coefficient (Wildman–Crippen LogP) is 4.04. The number of aromatic nitrogens is 3. The van der Waals surface area contributed by atoms with Gasteiger partial charge in [0.2, 0.25) is 5.89 Å². The molecule has 0 aliphatic carbocycles. The van der Waals surface area contributed by atoms with E-state index in [4.69, 9.17) is 10.2 Å². The molecule has 4 aromatic rings. The molecule has 4 rings (SSSR count). The number of nitrogens with zero attached hydrogens (tertiary/aromatic N) is 2. The summed E-state index contributed by atoms with van der Waals surface area (Å²) in [4.78, 5) is 23.6. The van der Waals surface area contributed by atoms with Crippen molar-refractivity contribution in [3.63, 3.8) is 0 Å². The number of nitrogens with one attached hydrogen (secondary N) is 1. The van der Waals surface area contributed by atoms with Crippen molar-refractivity contribution >= 4 is 28.3 Å². The number of unbranched alkanes of at least 4 members (excludes halogenated alkanes) is 2. The van der Waals surface area contributed by atoms with E-state index in [2.05, 4.69) is 15.0 Å². The lowest BCUT2D eigenvalue weighted by atomic mass is 10.0. The fraction of sp³-hybridized carbons (Fsp3) is 0.250. The number of H-pyrrole nitrogens is 1. The van der Waals surface area contributed by atoms with Crippen molar-refractivity contribution < 1.29 is 14.3 Å². The third-order valence-corrected chi connectivity index (χ3v) is 5.45. The quantitative estimate of drug-likeness (QED) is 0.389. The van der Waals surface area contributed by atoms with Gasteiger partial charge in [-0.3, -0.25) is 4.79 Å². The van der Waals surface area contributed by atoms with Crippen LogP contribution in [0.15, 0.2) is 40.3 Å². The Bertz CT molecular complexity index is 1100. The topological polar surface area (TPSA) is 118 Å². The SMILES string of the molecule is NC(=O)c1cnc(CCCCCc2ccc(O)c3nc(-c4cccs4)oc23)[nH]1. The fourth-order valence-electron chi connectivity index (χ4n) is 3.15. The molecule has 4 N–H and O–H groups in total. The van der Waals surface area contributed by atoms with Crippen molar-refractivity contribution in [2.45, 2.75) is 32.1 Å². The zero-order chi connectivity index (χ0) is 19.5. The number of imidazole rings is 1. The molecule has 0 saturated heterocycles. The number of rotatable bonds is 8. The number of carbonyl (C=O) groups excluding carboxylic acids is 1. The Hall–Kier alpha value is -3.13. The van der Waals surface area contributed by atoms with Gasteiger partial charge in [0.1, 0.15) is 17.3 Å². The molecule has 0 radical (unpaired) electrons. The van der Waals surface area contributed by atoms with Crippen LogP contribution < -0.4 is 5.73 Å². The highest BCUT2D eigenvalue weighted by Crippen LogP contribution is 2.34. The van der Waals surface area contributed by atoms with Crippen LogP contribution in [0.5, 0.6) is 5.75 Å². The van der Waals surface area contributed by atoms with Gasteiger partial charge in [-0.05, 0) is 42.3 Å². The summed E-state index contributed by atoms with van der Waals surface area (Å²) >= 11 is 1.55. The smallest absolute Gasteiger partial charge is 0.266 e. The maximum absolute atomic E-state index is 11.1. The molecule has 28 heavy (non-hydrogen) atoms. The van der Waals surface area contributed by atoms with E-state index < -0.39 is 5.91 Å². The Labute approximate surface area is 165 Å². The van der Waals surface area contributed by atoms with Crippen LogP contribution in [-0.4, -0.2) is 26.0 Å². The fourth-order valence-corrected chi connectivity index (χ4v) is 3.80. The summed E-state index contributed by atoms with van der Waals surface area (Å²) in [6, 6.07) is 7.46. The van der Waals surface area contributed by atoms with E-state index in [1.54, 1.807) is 17.4 Å². The number of phenols is 1. The number of phenolic OH excluding ortho intramolecular Hbond substituents is 1. The van der Waals surface area contributed by atoms with Gasteiger partial charge in [0.15, 0.2) is 11.1 Å². The van der Waals surface area contributed by atoms with Gasteiger partial charge < -0.3 is 20.2 Å². The first-order chi connectivity index (χ1) is 13.6. The van der Waals surface area contributed by atoms with Crippen molar-refractivity contribution in [1.29, 1.82) is 0 Å². The number of benzene rings is 1. The molecule has 0 spiro atoms. The maximum Gasteiger partial charge on any atom is 0.266 e. The van der Waals surface area contributed by atoms with Gasteiger partial charge in [-0.15, -0.1) is 11.3 Å². The molecule has 3 aromatic heterocycles. The zero-order valence-corrected chi connectivity index (χ0v) is 16.0. The average molecular weight is 396 g/mol. The number of nitrogens with two attached hydrogens (primary N) is 1. The number of fused-ring (bicyclic) bond motifs is 1. The number of aromatic amines is 1. The van der Waals surface area contributed by atoms with E-state index in [1.165, 1.54) is 6.20 Å². The molecule has 0 bridgehead atoms. The van der Waals surface area contributed by atoms with Gasteiger partial charge in [0, 0.05) is 6.42 Å². The van der Waals surface area contributed by atoms with Crippen molar-refractivity contribution in [2.24, 2.45) is 5.73 Å². The lowest BCUT2D eigenvalue weighted by Gasteiger charge is -2.03. The van der Waals surface area contributed by atoms with Gasteiger partial charge in [0.25, 0.3) is 5.91 Å². The van der Waals surface area contributed by atoms with Crippen LogP contribution in [0.3, 0.4) is 0 Å². The summed E-state index contributed by atoms with van der Waals surface area (Å²) in [6.45, 7) is 0. The highest BCUT2D eigenvalue weighted by molar-refractivity contribution is 7.13. The van der Waals surface area contributed by atoms with Gasteiger partial charge >= 0.3 is 0 Å². The van der Waals surface area contributed by atoms with Crippen LogP contribution >= 0.6 is 11.3 Å². The van der Waals surface area contributed by atoms with Gasteiger partial charge in [-0.25, -0.2) is 9.97 Å². The second-order valence-corrected chi connectivity index (χ2v) is 7.53. The van der Waals surface area contributed by atoms with Crippen LogP contribution in [0.4, 0.5) is 0 Å². The summed E-state index contributed by atoms with van der Waals surface area (Å²) < 4.78 is 5.96. The van der Waals surface area contributed by atoms with Crippen LogP contribution in [0, 0.1) is 0 Å². The molecule has 0 saturated carbocycles. The second kappa shape index (κ2) is 7.85. The van der Waals surface area contributed by atoms with E-state index in [0.29, 0.717) is 22.7 Å². The Morgan fingerprint density at radius 1 is 1.21 bits per heavy atom. The van der Waals surface area contributed by atoms with Crippen LogP contribution in [-0.2, 0) is 12.8 Å². The number of hydrogen-bond acceptors (Lipinski definition) is 6. The number of aromatic hydroxyl groups is 1. The third kappa shape index (κ3) is 3.77. The average Bonchev–Trinajstić information content (AvgIpc) is 3.43. The molecule has 3 heterocycles. The number of amides is 1. The van der Waals surface area contributed by atoms with E-state index in [9.17, 15) is 9.90 Å². The number of primary amides is 1. The number of hydrogen-bond donors (Lipinski definition) is 3. The Balaban J connectivity index is 1.38. The lowest BCUT2D eigenvalue weighted by Crippen LogP contribution is -2.11. The van der Waals surface area contributed by atoms with Crippen molar-refractivity contribution in [3.05, 3.63) is 52.9 Å². The molecular weight excluding hydrogens is 376 g/mol. The summed E-state index contributed by atoms with van der Waals surface area (Å²) in [7, 11) is 0. The normalized spacial score (nSPS) is 11.3. The summed E-state index contributed by atoms with van der Waals surface area (Å²) in [5.41, 5.74) is 7.76. The molecule has 0 atom stereocenters. The van der Waals surface area contributed by atoms with Gasteiger partial charge in [-0.2, -0.15) is 0 Å².